The Kier molecular flexibility index (Phi) is 3.66. The molecule has 19 heavy (non-hydrogen) atoms. The van der Waals surface area contributed by atoms with E-state index in [9.17, 15) is 9.18 Å². The summed E-state index contributed by atoms with van der Waals surface area (Å²) in [6.07, 6.45) is -0.165. The van der Waals surface area contributed by atoms with Gasteiger partial charge in [-0.15, -0.1) is 0 Å². The third-order valence-electron chi connectivity index (χ3n) is 2.31. The molecule has 1 aromatic heterocycles. The van der Waals surface area contributed by atoms with Crippen molar-refractivity contribution in [2.45, 2.75) is 32.8 Å². The van der Waals surface area contributed by atoms with E-state index in [4.69, 9.17) is 9.47 Å². The maximum atomic E-state index is 14.0. The molecule has 0 aromatic carbocycles. The van der Waals surface area contributed by atoms with Crippen LogP contribution in [0.3, 0.4) is 0 Å². The van der Waals surface area contributed by atoms with Crippen molar-refractivity contribution in [3.63, 3.8) is 0 Å². The first-order chi connectivity index (χ1) is 8.78. The molecular weight excluding hydrogens is 319 g/mol. The number of rotatable bonds is 1. The Hall–Kier alpha value is -1.37. The quantitative estimate of drug-likeness (QED) is 0.857. The SMILES string of the molecule is CC(C)(C)OC(=O)Nc1nc2c(c(Br)c1F)OCC2. The summed E-state index contributed by atoms with van der Waals surface area (Å²) in [6.45, 7) is 5.63. The Morgan fingerprint density at radius 2 is 2.21 bits per heavy atom. The zero-order valence-corrected chi connectivity index (χ0v) is 12.4. The number of amides is 1. The highest BCUT2D eigenvalue weighted by molar-refractivity contribution is 9.10. The van der Waals surface area contributed by atoms with Crippen LogP contribution in [0.15, 0.2) is 4.47 Å². The molecule has 0 atom stereocenters. The predicted molar refractivity (Wildman–Crippen MR) is 71.0 cm³/mol. The molecule has 0 unspecified atom stereocenters. The van der Waals surface area contributed by atoms with Crippen molar-refractivity contribution >= 4 is 27.8 Å². The smallest absolute Gasteiger partial charge is 0.413 e. The lowest BCUT2D eigenvalue weighted by molar-refractivity contribution is 0.0634. The molecule has 0 radical (unpaired) electrons. The summed E-state index contributed by atoms with van der Waals surface area (Å²) < 4.78 is 24.5. The molecule has 0 aliphatic carbocycles. The zero-order valence-electron chi connectivity index (χ0n) is 10.8. The van der Waals surface area contributed by atoms with Gasteiger partial charge in [0.2, 0.25) is 0 Å². The summed E-state index contributed by atoms with van der Waals surface area (Å²) >= 11 is 3.10. The predicted octanol–water partition coefficient (Wildman–Crippen LogP) is 3.27. The number of halogens is 2. The molecule has 1 aliphatic heterocycles. The fraction of sp³-hybridized carbons (Fsp3) is 0.500. The topological polar surface area (TPSA) is 60.5 Å². The molecular formula is C12H14BrFN2O3. The molecule has 2 heterocycles. The van der Waals surface area contributed by atoms with E-state index in [0.29, 0.717) is 24.5 Å². The molecule has 7 heteroatoms. The van der Waals surface area contributed by atoms with E-state index in [1.165, 1.54) is 0 Å². The number of aromatic nitrogens is 1. The van der Waals surface area contributed by atoms with Crippen LogP contribution < -0.4 is 10.1 Å². The number of pyridine rings is 1. The van der Waals surface area contributed by atoms with Gasteiger partial charge in [-0.3, -0.25) is 5.32 Å². The second-order valence-corrected chi connectivity index (χ2v) is 5.88. The summed E-state index contributed by atoms with van der Waals surface area (Å²) in [4.78, 5) is 15.6. The number of carbonyl (C=O) groups excluding carboxylic acids is 1. The highest BCUT2D eigenvalue weighted by Gasteiger charge is 2.25. The number of ether oxygens (including phenoxy) is 2. The van der Waals surface area contributed by atoms with E-state index < -0.39 is 17.5 Å². The molecule has 0 fully saturated rings. The third kappa shape index (κ3) is 3.15. The van der Waals surface area contributed by atoms with Crippen LogP contribution in [0.2, 0.25) is 0 Å². The fourth-order valence-corrected chi connectivity index (χ4v) is 2.15. The van der Waals surface area contributed by atoms with Gasteiger partial charge in [0.25, 0.3) is 0 Å². The molecule has 0 saturated carbocycles. The van der Waals surface area contributed by atoms with Gasteiger partial charge in [0.1, 0.15) is 10.1 Å². The van der Waals surface area contributed by atoms with E-state index in [-0.39, 0.29) is 10.3 Å². The highest BCUT2D eigenvalue weighted by atomic mass is 79.9. The van der Waals surface area contributed by atoms with E-state index >= 15 is 0 Å². The summed E-state index contributed by atoms with van der Waals surface area (Å²) in [7, 11) is 0. The molecule has 5 nitrogen and oxygen atoms in total. The van der Waals surface area contributed by atoms with E-state index in [0.717, 1.165) is 0 Å². The molecule has 0 spiro atoms. The van der Waals surface area contributed by atoms with Gasteiger partial charge in [-0.1, -0.05) is 0 Å². The standard InChI is InChI=1S/C12H14BrFN2O3/c1-12(2,3)19-11(17)16-10-8(14)7(13)9-6(15-10)4-5-18-9/h4-5H2,1-3H3,(H,15,16,17). The number of hydrogen-bond donors (Lipinski definition) is 1. The van der Waals surface area contributed by atoms with Crippen LogP contribution in [0, 0.1) is 5.82 Å². The summed E-state index contributed by atoms with van der Waals surface area (Å²) in [5, 5.41) is 2.30. The molecule has 104 valence electrons. The van der Waals surface area contributed by atoms with Crippen molar-refractivity contribution in [2.24, 2.45) is 0 Å². The van der Waals surface area contributed by atoms with Gasteiger partial charge in [0.05, 0.1) is 12.3 Å². The number of anilines is 1. The average molecular weight is 333 g/mol. The number of nitrogens with zero attached hydrogens (tertiary/aromatic N) is 1. The lowest BCUT2D eigenvalue weighted by Gasteiger charge is -2.19. The van der Waals surface area contributed by atoms with Crippen molar-refractivity contribution in [3.05, 3.63) is 16.0 Å². The molecule has 2 rings (SSSR count). The number of hydrogen-bond acceptors (Lipinski definition) is 4. The molecule has 0 saturated heterocycles. The number of carbonyl (C=O) groups is 1. The Morgan fingerprint density at radius 3 is 2.84 bits per heavy atom. The van der Waals surface area contributed by atoms with E-state index in [2.05, 4.69) is 26.2 Å². The number of nitrogens with one attached hydrogen (secondary N) is 1. The average Bonchev–Trinajstić information content (AvgIpc) is 2.71. The Bertz CT molecular complexity index is 529. The summed E-state index contributed by atoms with van der Waals surface area (Å²) in [5.74, 6) is -0.441. The minimum Gasteiger partial charge on any atom is -0.490 e. The first-order valence-electron chi connectivity index (χ1n) is 5.78. The monoisotopic (exact) mass is 332 g/mol. The van der Waals surface area contributed by atoms with Gasteiger partial charge >= 0.3 is 6.09 Å². The van der Waals surface area contributed by atoms with Crippen LogP contribution >= 0.6 is 15.9 Å². The second kappa shape index (κ2) is 4.96. The van der Waals surface area contributed by atoms with Crippen molar-refractivity contribution < 1.29 is 18.7 Å². The highest BCUT2D eigenvalue weighted by Crippen LogP contribution is 2.37. The lowest BCUT2D eigenvalue weighted by atomic mass is 10.2. The lowest BCUT2D eigenvalue weighted by Crippen LogP contribution is -2.28. The van der Waals surface area contributed by atoms with Gasteiger partial charge in [0, 0.05) is 6.42 Å². The largest absolute Gasteiger partial charge is 0.490 e. The maximum Gasteiger partial charge on any atom is 0.413 e. The Morgan fingerprint density at radius 1 is 1.53 bits per heavy atom. The van der Waals surface area contributed by atoms with Crippen LogP contribution in [-0.2, 0) is 11.2 Å². The molecule has 1 amide bonds. The van der Waals surface area contributed by atoms with Gasteiger partial charge in [-0.05, 0) is 36.7 Å². The Labute approximate surface area is 118 Å². The normalized spacial score (nSPS) is 13.7. The van der Waals surface area contributed by atoms with E-state index in [1.54, 1.807) is 20.8 Å². The van der Waals surface area contributed by atoms with Gasteiger partial charge in [-0.25, -0.2) is 14.2 Å². The van der Waals surface area contributed by atoms with Crippen molar-refractivity contribution in [2.75, 3.05) is 11.9 Å². The fourth-order valence-electron chi connectivity index (χ4n) is 1.61. The van der Waals surface area contributed by atoms with Crippen molar-refractivity contribution in [1.82, 2.24) is 4.98 Å². The van der Waals surface area contributed by atoms with Gasteiger partial charge < -0.3 is 9.47 Å². The first kappa shape index (κ1) is 14.0. The van der Waals surface area contributed by atoms with Crippen LogP contribution in [0.25, 0.3) is 0 Å². The van der Waals surface area contributed by atoms with Crippen LogP contribution in [0.4, 0.5) is 15.0 Å². The van der Waals surface area contributed by atoms with Crippen molar-refractivity contribution in [1.29, 1.82) is 0 Å². The maximum absolute atomic E-state index is 14.0. The van der Waals surface area contributed by atoms with Crippen LogP contribution in [0.5, 0.6) is 5.75 Å². The minimum atomic E-state index is -0.746. The van der Waals surface area contributed by atoms with Gasteiger partial charge in [0.15, 0.2) is 17.4 Å². The Balaban J connectivity index is 2.22. The third-order valence-corrected chi connectivity index (χ3v) is 3.02. The first-order valence-corrected chi connectivity index (χ1v) is 6.58. The zero-order chi connectivity index (χ0) is 14.2. The molecule has 1 aromatic rings. The minimum absolute atomic E-state index is 0.162. The number of fused-ring (bicyclic) bond motifs is 1. The second-order valence-electron chi connectivity index (χ2n) is 5.09. The molecule has 1 N–H and O–H groups in total. The molecule has 1 aliphatic rings. The van der Waals surface area contributed by atoms with E-state index in [1.807, 2.05) is 0 Å². The molecule has 0 bridgehead atoms. The summed E-state index contributed by atoms with van der Waals surface area (Å²) in [5.41, 5.74) is -0.0446. The van der Waals surface area contributed by atoms with Gasteiger partial charge in [-0.2, -0.15) is 0 Å². The van der Waals surface area contributed by atoms with Crippen molar-refractivity contribution in [3.8, 4) is 5.75 Å². The van der Waals surface area contributed by atoms with Crippen LogP contribution in [0.1, 0.15) is 26.5 Å². The van der Waals surface area contributed by atoms with Crippen LogP contribution in [-0.4, -0.2) is 23.3 Å². The summed E-state index contributed by atoms with van der Waals surface area (Å²) in [6, 6.07) is 0.